The zero-order valence-corrected chi connectivity index (χ0v) is 7.47. The predicted octanol–water partition coefficient (Wildman–Crippen LogP) is 1.26. The molecule has 0 aliphatic rings. The highest BCUT2D eigenvalue weighted by Crippen LogP contribution is 2.08. The summed E-state index contributed by atoms with van der Waals surface area (Å²) >= 11 is 0. The molecule has 0 spiro atoms. The summed E-state index contributed by atoms with van der Waals surface area (Å²) in [5, 5.41) is 6.16. The van der Waals surface area contributed by atoms with Gasteiger partial charge in [-0.15, -0.1) is 0 Å². The van der Waals surface area contributed by atoms with Gasteiger partial charge in [0.1, 0.15) is 6.33 Å². The molecular formula is C8H8N4O2. The maximum atomic E-state index is 11.4. The summed E-state index contributed by atoms with van der Waals surface area (Å²) in [4.78, 5) is 15.2. The summed E-state index contributed by atoms with van der Waals surface area (Å²) < 4.78 is 6.12. The molecule has 0 unspecified atom stereocenters. The Bertz CT molecular complexity index is 432. The molecule has 0 aromatic carbocycles. The van der Waals surface area contributed by atoms with Crippen molar-refractivity contribution in [1.82, 2.24) is 14.7 Å². The topological polar surface area (TPSA) is 73.0 Å². The quantitative estimate of drug-likeness (QED) is 0.738. The fraction of sp³-hybridized carbons (Fsp3) is 0.125. The Morgan fingerprint density at radius 2 is 2.50 bits per heavy atom. The van der Waals surface area contributed by atoms with Crippen molar-refractivity contribution in [1.29, 1.82) is 0 Å². The van der Waals surface area contributed by atoms with Crippen LogP contribution in [0.5, 0.6) is 0 Å². The van der Waals surface area contributed by atoms with E-state index in [1.807, 2.05) is 0 Å². The third-order valence-corrected chi connectivity index (χ3v) is 1.60. The first kappa shape index (κ1) is 8.49. The fourth-order valence-electron chi connectivity index (χ4n) is 0.972. The molecule has 2 aromatic heterocycles. The SMILES string of the molecule is Cc1cc(NC(=O)n2ccnc2)on1. The van der Waals surface area contributed by atoms with Gasteiger partial charge in [0.2, 0.25) is 5.88 Å². The molecule has 6 heteroatoms. The van der Waals surface area contributed by atoms with Crippen molar-refractivity contribution in [3.63, 3.8) is 0 Å². The maximum absolute atomic E-state index is 11.4. The van der Waals surface area contributed by atoms with Crippen LogP contribution in [0, 0.1) is 6.92 Å². The number of imidazole rings is 1. The number of aryl methyl sites for hydroxylation is 1. The number of anilines is 1. The van der Waals surface area contributed by atoms with Gasteiger partial charge in [0.15, 0.2) is 0 Å². The van der Waals surface area contributed by atoms with Crippen molar-refractivity contribution in [2.75, 3.05) is 5.32 Å². The van der Waals surface area contributed by atoms with Crippen molar-refractivity contribution in [2.24, 2.45) is 0 Å². The lowest BCUT2D eigenvalue weighted by molar-refractivity contribution is 0.252. The third kappa shape index (κ3) is 1.63. The molecule has 1 amide bonds. The lowest BCUT2D eigenvalue weighted by atomic mass is 10.5. The minimum absolute atomic E-state index is 0.321. The first-order valence-electron chi connectivity index (χ1n) is 3.98. The van der Waals surface area contributed by atoms with E-state index >= 15 is 0 Å². The molecule has 0 radical (unpaired) electrons. The fourth-order valence-corrected chi connectivity index (χ4v) is 0.972. The van der Waals surface area contributed by atoms with E-state index in [1.54, 1.807) is 19.2 Å². The summed E-state index contributed by atoms with van der Waals surface area (Å²) in [5.41, 5.74) is 0.714. The van der Waals surface area contributed by atoms with Crippen LogP contribution in [0.1, 0.15) is 5.69 Å². The summed E-state index contributed by atoms with van der Waals surface area (Å²) in [5.74, 6) is 0.321. The second-order valence-corrected chi connectivity index (χ2v) is 2.73. The number of nitrogens with one attached hydrogen (secondary N) is 1. The zero-order chi connectivity index (χ0) is 9.97. The standard InChI is InChI=1S/C8H8N4O2/c1-6-4-7(14-11-6)10-8(13)12-3-2-9-5-12/h2-5H,1H3,(H,10,13). The van der Waals surface area contributed by atoms with E-state index in [1.165, 1.54) is 17.1 Å². The van der Waals surface area contributed by atoms with Gasteiger partial charge in [-0.05, 0) is 6.92 Å². The summed E-state index contributed by atoms with van der Waals surface area (Å²) in [6.07, 6.45) is 4.46. The van der Waals surface area contributed by atoms with Gasteiger partial charge in [-0.25, -0.2) is 9.78 Å². The molecule has 6 nitrogen and oxygen atoms in total. The Labute approximate surface area is 79.5 Å². The molecule has 0 aliphatic heterocycles. The van der Waals surface area contributed by atoms with Crippen LogP contribution in [0.3, 0.4) is 0 Å². The van der Waals surface area contributed by atoms with E-state index < -0.39 is 0 Å². The summed E-state index contributed by atoms with van der Waals surface area (Å²) in [7, 11) is 0. The first-order chi connectivity index (χ1) is 6.75. The van der Waals surface area contributed by atoms with Crippen LogP contribution in [0.15, 0.2) is 29.3 Å². The molecule has 2 heterocycles. The van der Waals surface area contributed by atoms with Crippen LogP contribution in [-0.4, -0.2) is 20.7 Å². The lowest BCUT2D eigenvalue weighted by Gasteiger charge is -1.99. The van der Waals surface area contributed by atoms with Gasteiger partial charge in [0.25, 0.3) is 0 Å². The van der Waals surface area contributed by atoms with Gasteiger partial charge in [-0.3, -0.25) is 9.88 Å². The Balaban J connectivity index is 2.09. The molecule has 0 fully saturated rings. The van der Waals surface area contributed by atoms with E-state index in [0.29, 0.717) is 11.6 Å². The van der Waals surface area contributed by atoms with E-state index in [2.05, 4.69) is 15.5 Å². The van der Waals surface area contributed by atoms with Gasteiger partial charge in [-0.1, -0.05) is 5.16 Å². The van der Waals surface area contributed by atoms with Crippen LogP contribution >= 0.6 is 0 Å². The molecule has 14 heavy (non-hydrogen) atoms. The van der Waals surface area contributed by atoms with Crippen molar-refractivity contribution in [3.05, 3.63) is 30.5 Å². The van der Waals surface area contributed by atoms with Crippen LogP contribution in [0.2, 0.25) is 0 Å². The predicted molar refractivity (Wildman–Crippen MR) is 47.9 cm³/mol. The average molecular weight is 192 g/mol. The Morgan fingerprint density at radius 1 is 1.64 bits per heavy atom. The lowest BCUT2D eigenvalue weighted by Crippen LogP contribution is -2.17. The van der Waals surface area contributed by atoms with Crippen LogP contribution in [0.4, 0.5) is 10.7 Å². The van der Waals surface area contributed by atoms with Gasteiger partial charge < -0.3 is 4.52 Å². The van der Waals surface area contributed by atoms with Gasteiger partial charge >= 0.3 is 6.03 Å². The number of hydrogen-bond donors (Lipinski definition) is 1. The normalized spacial score (nSPS) is 10.1. The Kier molecular flexibility index (Phi) is 2.02. The van der Waals surface area contributed by atoms with Gasteiger partial charge in [-0.2, -0.15) is 0 Å². The van der Waals surface area contributed by atoms with E-state index in [4.69, 9.17) is 4.52 Å². The molecule has 72 valence electrons. The van der Waals surface area contributed by atoms with Crippen molar-refractivity contribution < 1.29 is 9.32 Å². The average Bonchev–Trinajstić information content (AvgIpc) is 2.75. The van der Waals surface area contributed by atoms with E-state index in [0.717, 1.165) is 0 Å². The molecule has 0 aliphatic carbocycles. The van der Waals surface area contributed by atoms with Crippen molar-refractivity contribution in [2.45, 2.75) is 6.92 Å². The molecule has 2 aromatic rings. The number of carbonyl (C=O) groups is 1. The summed E-state index contributed by atoms with van der Waals surface area (Å²) in [6.45, 7) is 1.77. The van der Waals surface area contributed by atoms with Crippen molar-refractivity contribution in [3.8, 4) is 0 Å². The highest BCUT2D eigenvalue weighted by atomic mass is 16.5. The second-order valence-electron chi connectivity index (χ2n) is 2.73. The van der Waals surface area contributed by atoms with Crippen LogP contribution < -0.4 is 5.32 Å². The molecular weight excluding hydrogens is 184 g/mol. The minimum atomic E-state index is -0.335. The smallest absolute Gasteiger partial charge is 0.333 e. The van der Waals surface area contributed by atoms with Crippen LogP contribution in [-0.2, 0) is 0 Å². The van der Waals surface area contributed by atoms with E-state index in [9.17, 15) is 4.79 Å². The molecule has 0 saturated carbocycles. The molecule has 2 rings (SSSR count). The molecule has 0 saturated heterocycles. The third-order valence-electron chi connectivity index (χ3n) is 1.60. The van der Waals surface area contributed by atoms with Gasteiger partial charge in [0.05, 0.1) is 5.69 Å². The highest BCUT2D eigenvalue weighted by molar-refractivity contribution is 5.89. The minimum Gasteiger partial charge on any atom is -0.338 e. The maximum Gasteiger partial charge on any atom is 0.333 e. The van der Waals surface area contributed by atoms with Gasteiger partial charge in [0, 0.05) is 18.5 Å². The Hall–Kier alpha value is -2.11. The zero-order valence-electron chi connectivity index (χ0n) is 7.47. The number of amides is 1. The highest BCUT2D eigenvalue weighted by Gasteiger charge is 2.06. The molecule has 0 bridgehead atoms. The Morgan fingerprint density at radius 3 is 3.07 bits per heavy atom. The number of rotatable bonds is 1. The molecule has 0 atom stereocenters. The number of nitrogens with zero attached hydrogens (tertiary/aromatic N) is 3. The largest absolute Gasteiger partial charge is 0.338 e. The van der Waals surface area contributed by atoms with Crippen molar-refractivity contribution >= 4 is 11.9 Å². The number of carbonyl (C=O) groups excluding carboxylic acids is 1. The summed E-state index contributed by atoms with van der Waals surface area (Å²) in [6, 6.07) is 1.30. The molecule has 1 N–H and O–H groups in total. The number of hydrogen-bond acceptors (Lipinski definition) is 4. The number of aromatic nitrogens is 3. The monoisotopic (exact) mass is 192 g/mol. The van der Waals surface area contributed by atoms with Crippen LogP contribution in [0.25, 0.3) is 0 Å². The van der Waals surface area contributed by atoms with E-state index in [-0.39, 0.29) is 6.03 Å². The second kappa shape index (κ2) is 3.33. The first-order valence-corrected chi connectivity index (χ1v) is 3.98.